The van der Waals surface area contributed by atoms with Gasteiger partial charge in [0.15, 0.2) is 17.3 Å². The summed E-state index contributed by atoms with van der Waals surface area (Å²) < 4.78 is 12.3. The monoisotopic (exact) mass is 338 g/mol. The average Bonchev–Trinajstić information content (AvgIpc) is 3.16. The maximum atomic E-state index is 11.1. The van der Waals surface area contributed by atoms with Gasteiger partial charge in [0.25, 0.3) is 0 Å². The molecule has 2 aromatic heterocycles. The summed E-state index contributed by atoms with van der Waals surface area (Å²) in [7, 11) is 0. The molecule has 4 rings (SSSR count). The van der Waals surface area contributed by atoms with Crippen molar-refractivity contribution < 1.29 is 19.4 Å². The van der Waals surface area contributed by atoms with E-state index in [9.17, 15) is 4.79 Å². The number of pyridine rings is 1. The summed E-state index contributed by atoms with van der Waals surface area (Å²) in [5.74, 6) is 0.700. The van der Waals surface area contributed by atoms with Gasteiger partial charge in [-0.05, 0) is 30.7 Å². The van der Waals surface area contributed by atoms with E-state index in [1.165, 1.54) is 0 Å². The molecule has 0 saturated carbocycles. The number of aryl methyl sites for hydroxylation is 1. The number of carbonyl (C=O) groups is 1. The van der Waals surface area contributed by atoms with Crippen molar-refractivity contribution >= 4 is 23.1 Å². The third-order valence-electron chi connectivity index (χ3n) is 3.75. The second kappa shape index (κ2) is 5.90. The van der Waals surface area contributed by atoms with E-state index in [4.69, 9.17) is 14.6 Å². The number of hydrogen-bond donors (Lipinski definition) is 1. The van der Waals surface area contributed by atoms with Crippen LogP contribution in [0.5, 0.6) is 11.5 Å². The van der Waals surface area contributed by atoms with Gasteiger partial charge in [0.2, 0.25) is 6.79 Å². The van der Waals surface area contributed by atoms with Crippen molar-refractivity contribution in [1.82, 2.24) is 9.38 Å². The largest absolute Gasteiger partial charge is 0.481 e. The van der Waals surface area contributed by atoms with Crippen molar-refractivity contribution in [2.24, 2.45) is 10.2 Å². The summed E-state index contributed by atoms with van der Waals surface area (Å²) in [5, 5.41) is 17.6. The second-order valence-electron chi connectivity index (χ2n) is 5.62. The quantitative estimate of drug-likeness (QED) is 0.735. The molecular formula is C17H14N4O4. The molecule has 1 aliphatic heterocycles. The molecule has 0 bridgehead atoms. The molecule has 0 unspecified atom stereocenters. The van der Waals surface area contributed by atoms with E-state index in [-0.39, 0.29) is 13.2 Å². The third-order valence-corrected chi connectivity index (χ3v) is 3.75. The molecule has 0 radical (unpaired) electrons. The maximum Gasteiger partial charge on any atom is 0.309 e. The number of carboxylic acids is 1. The zero-order valence-corrected chi connectivity index (χ0v) is 13.3. The van der Waals surface area contributed by atoms with Crippen molar-refractivity contribution in [3.05, 3.63) is 47.8 Å². The number of rotatable bonds is 4. The predicted molar refractivity (Wildman–Crippen MR) is 88.0 cm³/mol. The lowest BCUT2D eigenvalue weighted by atomic mass is 10.3. The molecule has 1 aromatic carbocycles. The minimum Gasteiger partial charge on any atom is -0.481 e. The topological polar surface area (TPSA) is 97.8 Å². The first-order chi connectivity index (χ1) is 12.1. The first-order valence-corrected chi connectivity index (χ1v) is 7.61. The Morgan fingerprint density at radius 3 is 2.92 bits per heavy atom. The molecule has 8 nitrogen and oxygen atoms in total. The van der Waals surface area contributed by atoms with Crippen molar-refractivity contribution in [2.45, 2.75) is 13.3 Å². The number of nitrogens with zero attached hydrogens (tertiary/aromatic N) is 4. The van der Waals surface area contributed by atoms with Gasteiger partial charge in [0.05, 0.1) is 17.8 Å². The molecule has 0 fully saturated rings. The van der Waals surface area contributed by atoms with Crippen molar-refractivity contribution in [3.63, 3.8) is 0 Å². The van der Waals surface area contributed by atoms with Gasteiger partial charge in [-0.2, -0.15) is 0 Å². The molecule has 0 spiro atoms. The highest BCUT2D eigenvalue weighted by Crippen LogP contribution is 2.36. The summed E-state index contributed by atoms with van der Waals surface area (Å²) in [4.78, 5) is 15.5. The van der Waals surface area contributed by atoms with Crippen LogP contribution in [0.1, 0.15) is 11.3 Å². The average molecular weight is 338 g/mol. The highest BCUT2D eigenvalue weighted by atomic mass is 16.7. The fourth-order valence-electron chi connectivity index (χ4n) is 2.61. The number of hydrogen-bond acceptors (Lipinski definition) is 6. The molecule has 8 heteroatoms. The molecule has 25 heavy (non-hydrogen) atoms. The van der Waals surface area contributed by atoms with E-state index in [0.29, 0.717) is 34.3 Å². The van der Waals surface area contributed by atoms with Gasteiger partial charge in [0.1, 0.15) is 5.65 Å². The molecule has 0 atom stereocenters. The highest BCUT2D eigenvalue weighted by Gasteiger charge is 2.16. The Labute approximate surface area is 142 Å². The standard InChI is InChI=1S/C17H14N4O4/c1-10-2-5-15-18-12(7-16(22)23)17(21(15)8-10)20-19-11-3-4-13-14(6-11)25-9-24-13/h2-6,8H,7,9H2,1H3,(H,22,23). The molecule has 0 aliphatic carbocycles. The smallest absolute Gasteiger partial charge is 0.309 e. The Balaban J connectivity index is 1.76. The van der Waals surface area contributed by atoms with E-state index in [0.717, 1.165) is 5.56 Å². The molecule has 0 saturated heterocycles. The van der Waals surface area contributed by atoms with Crippen LogP contribution in [0.2, 0.25) is 0 Å². The molecule has 3 heterocycles. The fraction of sp³-hybridized carbons (Fsp3) is 0.176. The summed E-state index contributed by atoms with van der Waals surface area (Å²) >= 11 is 0. The Morgan fingerprint density at radius 2 is 2.08 bits per heavy atom. The maximum absolute atomic E-state index is 11.1. The number of azo groups is 1. The lowest BCUT2D eigenvalue weighted by Gasteiger charge is -2.00. The Bertz CT molecular complexity index is 1010. The van der Waals surface area contributed by atoms with Crippen molar-refractivity contribution in [3.8, 4) is 11.5 Å². The summed E-state index contributed by atoms with van der Waals surface area (Å²) in [6.07, 6.45) is 1.62. The lowest BCUT2D eigenvalue weighted by molar-refractivity contribution is -0.136. The van der Waals surface area contributed by atoms with Crippen LogP contribution in [0, 0.1) is 6.92 Å². The molecule has 0 amide bonds. The third kappa shape index (κ3) is 2.89. The summed E-state index contributed by atoms with van der Waals surface area (Å²) in [6.45, 7) is 2.13. The first-order valence-electron chi connectivity index (χ1n) is 7.61. The number of aliphatic carboxylic acids is 1. The number of aromatic nitrogens is 2. The molecule has 1 N–H and O–H groups in total. The SMILES string of the molecule is Cc1ccc2nc(CC(=O)O)c(N=Nc3ccc4c(c3)OCO4)n2c1. The number of imidazole rings is 1. The fourth-order valence-corrected chi connectivity index (χ4v) is 2.61. The van der Waals surface area contributed by atoms with Crippen LogP contribution in [0.25, 0.3) is 5.65 Å². The van der Waals surface area contributed by atoms with Gasteiger partial charge in [-0.3, -0.25) is 9.20 Å². The normalized spacial score (nSPS) is 13.0. The van der Waals surface area contributed by atoms with Crippen LogP contribution in [0.4, 0.5) is 11.5 Å². The van der Waals surface area contributed by atoms with Crippen LogP contribution in [-0.4, -0.2) is 27.3 Å². The molecule has 3 aromatic rings. The summed E-state index contributed by atoms with van der Waals surface area (Å²) in [5.41, 5.74) is 2.57. The van der Waals surface area contributed by atoms with E-state index in [2.05, 4.69) is 15.2 Å². The van der Waals surface area contributed by atoms with Gasteiger partial charge in [-0.25, -0.2) is 4.98 Å². The van der Waals surface area contributed by atoms with Gasteiger partial charge >= 0.3 is 5.97 Å². The molecule has 126 valence electrons. The Kier molecular flexibility index (Phi) is 3.57. The zero-order valence-electron chi connectivity index (χ0n) is 13.3. The minimum absolute atomic E-state index is 0.186. The van der Waals surface area contributed by atoms with Gasteiger partial charge < -0.3 is 14.6 Å². The van der Waals surface area contributed by atoms with Gasteiger partial charge in [0, 0.05) is 12.3 Å². The van der Waals surface area contributed by atoms with Crippen LogP contribution in [-0.2, 0) is 11.2 Å². The van der Waals surface area contributed by atoms with E-state index in [1.54, 1.807) is 22.6 Å². The number of fused-ring (bicyclic) bond motifs is 2. The van der Waals surface area contributed by atoms with Crippen LogP contribution in [0.3, 0.4) is 0 Å². The minimum atomic E-state index is -0.973. The zero-order chi connectivity index (χ0) is 17.4. The van der Waals surface area contributed by atoms with Crippen LogP contribution < -0.4 is 9.47 Å². The van der Waals surface area contributed by atoms with E-state index < -0.39 is 5.97 Å². The Hall–Kier alpha value is -3.42. The Morgan fingerprint density at radius 1 is 1.24 bits per heavy atom. The lowest BCUT2D eigenvalue weighted by Crippen LogP contribution is -2.00. The van der Waals surface area contributed by atoms with E-state index in [1.807, 2.05) is 25.3 Å². The number of ether oxygens (including phenoxy) is 2. The highest BCUT2D eigenvalue weighted by molar-refractivity contribution is 5.72. The van der Waals surface area contributed by atoms with Crippen LogP contribution >= 0.6 is 0 Å². The van der Waals surface area contributed by atoms with Crippen molar-refractivity contribution in [1.29, 1.82) is 0 Å². The van der Waals surface area contributed by atoms with Crippen molar-refractivity contribution in [2.75, 3.05) is 6.79 Å². The number of benzene rings is 1. The van der Waals surface area contributed by atoms with E-state index >= 15 is 0 Å². The molecular weight excluding hydrogens is 324 g/mol. The first kappa shape index (κ1) is 15.1. The van der Waals surface area contributed by atoms with Gasteiger partial charge in [-0.1, -0.05) is 6.07 Å². The number of carboxylic acid groups (broad SMARTS) is 1. The van der Waals surface area contributed by atoms with Gasteiger partial charge in [-0.15, -0.1) is 10.2 Å². The second-order valence-corrected chi connectivity index (χ2v) is 5.62. The summed E-state index contributed by atoms with van der Waals surface area (Å²) in [6, 6.07) is 8.96. The predicted octanol–water partition coefficient (Wildman–Crippen LogP) is 3.41. The van der Waals surface area contributed by atoms with Crippen LogP contribution in [0.15, 0.2) is 46.8 Å². The molecule has 1 aliphatic rings.